The molecule has 1 aliphatic rings. The van der Waals surface area contributed by atoms with Crippen LogP contribution in [0.2, 0.25) is 0 Å². The van der Waals surface area contributed by atoms with Gasteiger partial charge in [0.25, 0.3) is 0 Å². The van der Waals surface area contributed by atoms with Crippen LogP contribution in [0.1, 0.15) is 5.56 Å². The number of nitrogens with zero attached hydrogens (tertiary/aromatic N) is 2. The molecule has 0 saturated carbocycles. The van der Waals surface area contributed by atoms with Crippen LogP contribution in [0, 0.1) is 3.57 Å². The predicted molar refractivity (Wildman–Crippen MR) is 71.2 cm³/mol. The van der Waals surface area contributed by atoms with Crippen LogP contribution in [0.3, 0.4) is 0 Å². The van der Waals surface area contributed by atoms with Crippen molar-refractivity contribution in [3.8, 4) is 0 Å². The van der Waals surface area contributed by atoms with Gasteiger partial charge < -0.3 is 10.6 Å². The van der Waals surface area contributed by atoms with Crippen LogP contribution in [-0.4, -0.2) is 36.9 Å². The van der Waals surface area contributed by atoms with Crippen LogP contribution in [-0.2, 0) is 0 Å². The van der Waals surface area contributed by atoms with Gasteiger partial charge in [-0.05, 0) is 41.8 Å². The Morgan fingerprint density at radius 1 is 1.40 bits per heavy atom. The van der Waals surface area contributed by atoms with Gasteiger partial charge in [0.15, 0.2) is 0 Å². The lowest BCUT2D eigenvalue weighted by atomic mass is 10.1. The Hall–Kier alpha value is -0.620. The first-order valence-electron chi connectivity index (χ1n) is 4.93. The molecule has 0 spiro atoms. The van der Waals surface area contributed by atoms with Crippen molar-refractivity contribution in [3.05, 3.63) is 33.4 Å². The van der Waals surface area contributed by atoms with Crippen molar-refractivity contribution in [3.63, 3.8) is 0 Å². The fourth-order valence-electron chi connectivity index (χ4n) is 1.64. The maximum absolute atomic E-state index is 5.93. The van der Waals surface area contributed by atoms with Crippen LogP contribution in [0.4, 0.5) is 0 Å². The molecule has 1 heterocycles. The number of likely N-dealkylation sites (N-methyl/N-ethyl adjacent to an activating group) is 1. The Labute approximate surface area is 104 Å². The third-order valence-corrected chi connectivity index (χ3v) is 3.23. The molecular weight excluding hydrogens is 301 g/mol. The monoisotopic (exact) mass is 315 g/mol. The molecule has 1 saturated heterocycles. The molecule has 0 aliphatic carbocycles. The van der Waals surface area contributed by atoms with Gasteiger partial charge in [0.1, 0.15) is 5.84 Å². The summed E-state index contributed by atoms with van der Waals surface area (Å²) in [5, 5.41) is 0. The molecule has 2 N–H and O–H groups in total. The number of halogens is 1. The molecule has 15 heavy (non-hydrogen) atoms. The summed E-state index contributed by atoms with van der Waals surface area (Å²) >= 11 is 2.28. The largest absolute Gasteiger partial charge is 0.383 e. The topological polar surface area (TPSA) is 41.6 Å². The van der Waals surface area contributed by atoms with E-state index in [1.54, 1.807) is 0 Å². The number of likely N-dealkylation sites (tertiary alicyclic amines) is 1. The van der Waals surface area contributed by atoms with Gasteiger partial charge in [-0.15, -0.1) is 0 Å². The first-order valence-corrected chi connectivity index (χ1v) is 6.01. The van der Waals surface area contributed by atoms with Gasteiger partial charge in [-0.3, -0.25) is 4.99 Å². The van der Waals surface area contributed by atoms with Crippen molar-refractivity contribution < 1.29 is 0 Å². The van der Waals surface area contributed by atoms with Crippen LogP contribution in [0.25, 0.3) is 0 Å². The molecule has 80 valence electrons. The van der Waals surface area contributed by atoms with E-state index < -0.39 is 0 Å². The smallest absolute Gasteiger partial charge is 0.125 e. The Balaban J connectivity index is 2.07. The highest BCUT2D eigenvalue weighted by Gasteiger charge is 2.22. The lowest BCUT2D eigenvalue weighted by Crippen LogP contribution is -2.47. The zero-order valence-corrected chi connectivity index (χ0v) is 10.8. The lowest BCUT2D eigenvalue weighted by molar-refractivity contribution is 0.193. The van der Waals surface area contributed by atoms with E-state index in [1.165, 1.54) is 3.57 Å². The fourth-order valence-corrected chi connectivity index (χ4v) is 2.00. The Bertz CT molecular complexity index is 366. The Morgan fingerprint density at radius 2 is 2.00 bits per heavy atom. The molecule has 0 aromatic heterocycles. The Morgan fingerprint density at radius 3 is 2.53 bits per heavy atom. The highest BCUT2D eigenvalue weighted by atomic mass is 127. The average molecular weight is 315 g/mol. The predicted octanol–water partition coefficient (Wildman–Crippen LogP) is 1.31. The minimum absolute atomic E-state index is 0.384. The zero-order valence-electron chi connectivity index (χ0n) is 8.65. The summed E-state index contributed by atoms with van der Waals surface area (Å²) < 4.78 is 1.22. The molecule has 0 atom stereocenters. The highest BCUT2D eigenvalue weighted by Crippen LogP contribution is 2.11. The van der Waals surface area contributed by atoms with Crippen molar-refractivity contribution in [1.82, 2.24) is 4.90 Å². The summed E-state index contributed by atoms with van der Waals surface area (Å²) in [4.78, 5) is 6.71. The van der Waals surface area contributed by atoms with E-state index in [1.807, 2.05) is 24.3 Å². The number of nitrogens with two attached hydrogens (primary N) is 1. The first-order chi connectivity index (χ1) is 7.15. The van der Waals surface area contributed by atoms with E-state index in [-0.39, 0.29) is 0 Å². The quantitative estimate of drug-likeness (QED) is 0.508. The maximum atomic E-state index is 5.93. The summed E-state index contributed by atoms with van der Waals surface area (Å²) in [6, 6.07) is 8.51. The van der Waals surface area contributed by atoms with Crippen LogP contribution in [0.5, 0.6) is 0 Å². The van der Waals surface area contributed by atoms with Gasteiger partial charge >= 0.3 is 0 Å². The van der Waals surface area contributed by atoms with Crippen LogP contribution >= 0.6 is 22.6 Å². The number of hydrogen-bond acceptors (Lipinski definition) is 2. The molecule has 3 nitrogen and oxygen atoms in total. The number of amidine groups is 1. The standard InChI is InChI=1S/C11H14IN3/c1-15-6-10(7-15)14-11(13)8-2-4-9(12)5-3-8/h2-5,10H,6-7H2,1H3,(H2,13,14). The second-order valence-corrected chi connectivity index (χ2v) is 5.14. The second-order valence-electron chi connectivity index (χ2n) is 3.90. The van der Waals surface area contributed by atoms with Crippen molar-refractivity contribution >= 4 is 28.4 Å². The normalized spacial score (nSPS) is 18.9. The first kappa shape index (κ1) is 10.9. The van der Waals surface area contributed by atoms with Crippen LogP contribution in [0.15, 0.2) is 29.3 Å². The molecule has 0 bridgehead atoms. The van der Waals surface area contributed by atoms with E-state index in [2.05, 4.69) is 39.5 Å². The molecule has 4 heteroatoms. The van der Waals surface area contributed by atoms with E-state index in [0.29, 0.717) is 11.9 Å². The third kappa shape index (κ3) is 2.69. The summed E-state index contributed by atoms with van der Waals surface area (Å²) in [6.07, 6.45) is 0. The van der Waals surface area contributed by atoms with Gasteiger partial charge in [0, 0.05) is 22.2 Å². The number of hydrogen-bond donors (Lipinski definition) is 1. The molecule has 1 aliphatic heterocycles. The number of rotatable bonds is 2. The van der Waals surface area contributed by atoms with E-state index in [4.69, 9.17) is 5.73 Å². The molecule has 1 aromatic rings. The zero-order chi connectivity index (χ0) is 10.8. The lowest BCUT2D eigenvalue weighted by Gasteiger charge is -2.33. The fraction of sp³-hybridized carbons (Fsp3) is 0.364. The number of aliphatic imine (C=N–C) groups is 1. The second kappa shape index (κ2) is 4.49. The summed E-state index contributed by atoms with van der Waals surface area (Å²) in [7, 11) is 2.09. The molecule has 0 unspecified atom stereocenters. The molecule has 2 rings (SSSR count). The van der Waals surface area contributed by atoms with Crippen molar-refractivity contribution in [2.75, 3.05) is 20.1 Å². The molecule has 0 radical (unpaired) electrons. The average Bonchev–Trinajstić information content (AvgIpc) is 2.16. The maximum Gasteiger partial charge on any atom is 0.125 e. The van der Waals surface area contributed by atoms with E-state index in [0.717, 1.165) is 18.7 Å². The SMILES string of the molecule is CN1CC(N=C(N)c2ccc(I)cc2)C1. The van der Waals surface area contributed by atoms with E-state index in [9.17, 15) is 0 Å². The Kier molecular flexibility index (Phi) is 3.25. The van der Waals surface area contributed by atoms with Gasteiger partial charge in [-0.25, -0.2) is 0 Å². The van der Waals surface area contributed by atoms with Crippen LogP contribution < -0.4 is 5.73 Å². The van der Waals surface area contributed by atoms with E-state index >= 15 is 0 Å². The van der Waals surface area contributed by atoms with Crippen molar-refractivity contribution in [2.24, 2.45) is 10.7 Å². The minimum atomic E-state index is 0.384. The minimum Gasteiger partial charge on any atom is -0.383 e. The summed E-state index contributed by atoms with van der Waals surface area (Å²) in [5.74, 6) is 0.657. The summed E-state index contributed by atoms with van der Waals surface area (Å²) in [5.41, 5.74) is 6.95. The summed E-state index contributed by atoms with van der Waals surface area (Å²) in [6.45, 7) is 2.04. The van der Waals surface area contributed by atoms with Crippen molar-refractivity contribution in [1.29, 1.82) is 0 Å². The molecule has 1 aromatic carbocycles. The molecule has 0 amide bonds. The third-order valence-electron chi connectivity index (χ3n) is 2.51. The van der Waals surface area contributed by atoms with Gasteiger partial charge in [0.2, 0.25) is 0 Å². The van der Waals surface area contributed by atoms with Gasteiger partial charge in [-0.1, -0.05) is 12.1 Å². The number of benzene rings is 1. The molecular formula is C11H14IN3. The highest BCUT2D eigenvalue weighted by molar-refractivity contribution is 14.1. The van der Waals surface area contributed by atoms with Gasteiger partial charge in [0.05, 0.1) is 6.04 Å². The molecule has 1 fully saturated rings. The van der Waals surface area contributed by atoms with Crippen molar-refractivity contribution in [2.45, 2.75) is 6.04 Å². The van der Waals surface area contributed by atoms with Gasteiger partial charge in [-0.2, -0.15) is 0 Å².